The first-order chi connectivity index (χ1) is 18.0. The van der Waals surface area contributed by atoms with Crippen LogP contribution in [0.25, 0.3) is 0 Å². The van der Waals surface area contributed by atoms with Crippen LogP contribution in [0.5, 0.6) is 5.75 Å². The summed E-state index contributed by atoms with van der Waals surface area (Å²) in [6.07, 6.45) is 5.68. The smallest absolute Gasteiger partial charge is 0.254 e. The molecule has 5 N–H and O–H groups in total. The number of phenols is 1. The highest BCUT2D eigenvalue weighted by Crippen LogP contribution is 2.27. The molecule has 2 aliphatic rings. The predicted molar refractivity (Wildman–Crippen MR) is 147 cm³/mol. The van der Waals surface area contributed by atoms with Gasteiger partial charge in [-0.05, 0) is 80.1 Å². The molecule has 3 heterocycles. The Morgan fingerprint density at radius 1 is 1.00 bits per heavy atom. The number of primary amides is 1. The van der Waals surface area contributed by atoms with Gasteiger partial charge in [0.2, 0.25) is 0 Å². The second kappa shape index (κ2) is 11.3. The first kappa shape index (κ1) is 25.1. The summed E-state index contributed by atoms with van der Waals surface area (Å²) in [7, 11) is 0. The summed E-state index contributed by atoms with van der Waals surface area (Å²) in [6.45, 7) is 7.55. The first-order valence-corrected chi connectivity index (χ1v) is 13.4. The van der Waals surface area contributed by atoms with Gasteiger partial charge >= 0.3 is 0 Å². The van der Waals surface area contributed by atoms with Crippen LogP contribution in [-0.4, -0.2) is 58.3 Å². The Morgan fingerprint density at radius 3 is 2.30 bits per heavy atom. The number of carbonyl (C=O) groups is 1. The summed E-state index contributed by atoms with van der Waals surface area (Å²) in [5.74, 6) is 1.02. The number of rotatable bonds is 8. The van der Waals surface area contributed by atoms with Gasteiger partial charge in [0.1, 0.15) is 11.3 Å². The maximum Gasteiger partial charge on any atom is 0.254 e. The number of piperidine rings is 2. The molecule has 1 aromatic heterocycles. The zero-order valence-corrected chi connectivity index (χ0v) is 21.6. The van der Waals surface area contributed by atoms with Crippen LogP contribution in [0.2, 0.25) is 0 Å². The van der Waals surface area contributed by atoms with E-state index in [1.54, 1.807) is 12.1 Å². The van der Waals surface area contributed by atoms with Crippen LogP contribution in [0, 0.1) is 5.92 Å². The van der Waals surface area contributed by atoms with Crippen molar-refractivity contribution in [2.24, 2.45) is 11.7 Å². The average molecular weight is 503 g/mol. The minimum Gasteiger partial charge on any atom is -0.508 e. The van der Waals surface area contributed by atoms with Crippen LogP contribution in [-0.2, 0) is 13.0 Å². The van der Waals surface area contributed by atoms with Crippen LogP contribution in [0.1, 0.15) is 59.8 Å². The molecule has 0 radical (unpaired) electrons. The highest BCUT2D eigenvalue weighted by molar-refractivity contribution is 5.99. The van der Waals surface area contributed by atoms with Gasteiger partial charge in [-0.2, -0.15) is 5.10 Å². The first-order valence-electron chi connectivity index (χ1n) is 13.4. The number of likely N-dealkylation sites (tertiary alicyclic amines) is 1. The number of hydrogen-bond donors (Lipinski definition) is 4. The molecule has 0 saturated carbocycles. The van der Waals surface area contributed by atoms with Crippen molar-refractivity contribution < 1.29 is 9.90 Å². The van der Waals surface area contributed by atoms with Crippen LogP contribution >= 0.6 is 0 Å². The Morgan fingerprint density at radius 2 is 1.65 bits per heavy atom. The lowest BCUT2D eigenvalue weighted by Gasteiger charge is -2.42. The molecule has 2 fully saturated rings. The Kier molecular flexibility index (Phi) is 7.65. The van der Waals surface area contributed by atoms with Crippen molar-refractivity contribution in [1.82, 2.24) is 15.1 Å². The molecule has 2 aliphatic heterocycles. The Hall–Kier alpha value is -3.52. The number of benzene rings is 2. The molecule has 196 valence electrons. The average Bonchev–Trinajstić information content (AvgIpc) is 3.32. The molecule has 0 unspecified atom stereocenters. The minimum atomic E-state index is -0.514. The van der Waals surface area contributed by atoms with Gasteiger partial charge in [-0.1, -0.05) is 31.2 Å². The standard InChI is InChI=1S/C29H38N6O2/c1-20-10-14-34(15-11-20)24-12-16-35(17-13-24)23-6-2-21(3-7-23)18-26-27(28(30)37)29(33-32-26)31-19-22-4-8-25(36)9-5-22/h2-9,20,24,36H,10-19H2,1H3,(H2,30,37)(H2,31,32,33). The van der Waals surface area contributed by atoms with Crippen molar-refractivity contribution in [2.45, 2.75) is 51.6 Å². The van der Waals surface area contributed by atoms with E-state index in [4.69, 9.17) is 5.73 Å². The van der Waals surface area contributed by atoms with Crippen LogP contribution in [0.3, 0.4) is 0 Å². The van der Waals surface area contributed by atoms with Gasteiger partial charge in [-0.3, -0.25) is 9.89 Å². The van der Waals surface area contributed by atoms with Crippen LogP contribution < -0.4 is 16.0 Å². The van der Waals surface area contributed by atoms with E-state index in [9.17, 15) is 9.90 Å². The van der Waals surface area contributed by atoms with E-state index in [2.05, 4.69) is 56.5 Å². The van der Waals surface area contributed by atoms with Gasteiger partial charge in [0.25, 0.3) is 5.91 Å². The largest absolute Gasteiger partial charge is 0.508 e. The van der Waals surface area contributed by atoms with Crippen molar-refractivity contribution >= 4 is 17.4 Å². The summed E-state index contributed by atoms with van der Waals surface area (Å²) in [4.78, 5) is 17.5. The number of amides is 1. The maximum atomic E-state index is 12.2. The molecule has 2 saturated heterocycles. The van der Waals surface area contributed by atoms with Gasteiger partial charge in [-0.25, -0.2) is 0 Å². The molecule has 0 atom stereocenters. The van der Waals surface area contributed by atoms with E-state index in [1.807, 2.05) is 12.1 Å². The molecular formula is C29H38N6O2. The number of H-pyrrole nitrogens is 1. The topological polar surface area (TPSA) is 111 Å². The van der Waals surface area contributed by atoms with Crippen molar-refractivity contribution in [1.29, 1.82) is 0 Å². The molecule has 37 heavy (non-hydrogen) atoms. The normalized spacial score (nSPS) is 17.7. The number of anilines is 2. The summed E-state index contributed by atoms with van der Waals surface area (Å²) in [6, 6.07) is 16.2. The number of aromatic nitrogens is 2. The zero-order chi connectivity index (χ0) is 25.8. The monoisotopic (exact) mass is 502 g/mol. The maximum absolute atomic E-state index is 12.2. The summed E-state index contributed by atoms with van der Waals surface area (Å²) < 4.78 is 0. The molecule has 3 aromatic rings. The molecule has 2 aromatic carbocycles. The third-order valence-corrected chi connectivity index (χ3v) is 7.97. The molecule has 0 spiro atoms. The van der Waals surface area contributed by atoms with E-state index in [-0.39, 0.29) is 5.75 Å². The third-order valence-electron chi connectivity index (χ3n) is 7.97. The van der Waals surface area contributed by atoms with Gasteiger partial charge in [0, 0.05) is 37.8 Å². The highest BCUT2D eigenvalue weighted by atomic mass is 16.3. The van der Waals surface area contributed by atoms with E-state index in [1.165, 1.54) is 44.5 Å². The zero-order valence-electron chi connectivity index (χ0n) is 21.6. The molecule has 0 bridgehead atoms. The number of aromatic amines is 1. The van der Waals surface area contributed by atoms with E-state index >= 15 is 0 Å². The summed E-state index contributed by atoms with van der Waals surface area (Å²) >= 11 is 0. The van der Waals surface area contributed by atoms with E-state index in [0.29, 0.717) is 30.0 Å². The third kappa shape index (κ3) is 6.07. The molecular weight excluding hydrogens is 464 g/mol. The Bertz CT molecular complexity index is 1170. The van der Waals surface area contributed by atoms with E-state index < -0.39 is 5.91 Å². The van der Waals surface area contributed by atoms with Crippen molar-refractivity contribution in [3.8, 4) is 5.75 Å². The molecule has 8 heteroatoms. The van der Waals surface area contributed by atoms with E-state index in [0.717, 1.165) is 36.2 Å². The Labute approximate surface area is 218 Å². The lowest BCUT2D eigenvalue weighted by atomic mass is 9.94. The second-order valence-electron chi connectivity index (χ2n) is 10.6. The second-order valence-corrected chi connectivity index (χ2v) is 10.6. The number of phenolic OH excluding ortho intramolecular Hbond substituents is 1. The molecule has 8 nitrogen and oxygen atoms in total. The number of carbonyl (C=O) groups excluding carboxylic acids is 1. The fourth-order valence-electron chi connectivity index (χ4n) is 5.61. The predicted octanol–water partition coefficient (Wildman–Crippen LogP) is 4.12. The molecule has 5 rings (SSSR count). The quantitative estimate of drug-likeness (QED) is 0.369. The minimum absolute atomic E-state index is 0.214. The fourth-order valence-corrected chi connectivity index (χ4v) is 5.61. The lowest BCUT2D eigenvalue weighted by Crippen LogP contribution is -2.47. The van der Waals surface area contributed by atoms with Crippen LogP contribution in [0.4, 0.5) is 11.5 Å². The molecule has 1 amide bonds. The number of nitrogens with one attached hydrogen (secondary N) is 2. The number of aromatic hydroxyl groups is 1. The number of nitrogens with two attached hydrogens (primary N) is 1. The van der Waals surface area contributed by atoms with Gasteiger partial charge in [0.15, 0.2) is 5.82 Å². The SMILES string of the molecule is CC1CCN(C2CCN(c3ccc(Cc4[nH]nc(NCc5ccc(O)cc5)c4C(N)=O)cc3)CC2)CC1. The summed E-state index contributed by atoms with van der Waals surface area (Å²) in [5, 5.41) is 19.9. The lowest BCUT2D eigenvalue weighted by molar-refractivity contribution is 0.100. The van der Waals surface area contributed by atoms with Crippen molar-refractivity contribution in [3.05, 3.63) is 70.9 Å². The van der Waals surface area contributed by atoms with Crippen molar-refractivity contribution in [3.63, 3.8) is 0 Å². The summed E-state index contributed by atoms with van der Waals surface area (Å²) in [5.41, 5.74) is 10.1. The number of nitrogens with zero attached hydrogens (tertiary/aromatic N) is 3. The van der Waals surface area contributed by atoms with Crippen molar-refractivity contribution in [2.75, 3.05) is 36.4 Å². The highest BCUT2D eigenvalue weighted by Gasteiger charge is 2.27. The van der Waals surface area contributed by atoms with Gasteiger partial charge in [0.05, 0.1) is 5.69 Å². The molecule has 0 aliphatic carbocycles. The fraction of sp³-hybridized carbons (Fsp3) is 0.448. The van der Waals surface area contributed by atoms with Gasteiger partial charge in [-0.15, -0.1) is 0 Å². The Balaban J connectivity index is 1.18. The number of hydrogen-bond acceptors (Lipinski definition) is 6. The van der Waals surface area contributed by atoms with Crippen LogP contribution in [0.15, 0.2) is 48.5 Å². The van der Waals surface area contributed by atoms with Gasteiger partial charge < -0.3 is 26.0 Å².